The van der Waals surface area contributed by atoms with E-state index < -0.39 is 6.10 Å². The van der Waals surface area contributed by atoms with Gasteiger partial charge in [-0.1, -0.05) is 47.6 Å². The van der Waals surface area contributed by atoms with E-state index in [1.807, 2.05) is 48.5 Å². The Bertz CT molecular complexity index is 257. The van der Waals surface area contributed by atoms with Crippen LogP contribution in [0, 0.1) is 12.7 Å². The molecule has 0 saturated carbocycles. The van der Waals surface area contributed by atoms with E-state index in [0.29, 0.717) is 5.56 Å². The first-order chi connectivity index (χ1) is 8.11. The summed E-state index contributed by atoms with van der Waals surface area (Å²) in [5.41, 5.74) is 1.58. The molecule has 2 heteroatoms. The van der Waals surface area contributed by atoms with Crippen molar-refractivity contribution in [2.24, 2.45) is 0 Å². The Morgan fingerprint density at radius 2 is 1.41 bits per heavy atom. The van der Waals surface area contributed by atoms with Gasteiger partial charge in [-0.15, -0.1) is 0 Å². The lowest BCUT2D eigenvalue weighted by atomic mass is 10.0. The Morgan fingerprint density at radius 3 is 1.71 bits per heavy atom. The van der Waals surface area contributed by atoms with Crippen LogP contribution in [-0.2, 0) is 0 Å². The fraction of sp³-hybridized carbons (Fsp3) is 0.600. The Morgan fingerprint density at radius 1 is 1.00 bits per heavy atom. The van der Waals surface area contributed by atoms with Gasteiger partial charge in [0, 0.05) is 0 Å². The zero-order chi connectivity index (χ0) is 14.4. The van der Waals surface area contributed by atoms with Crippen LogP contribution in [0.1, 0.15) is 65.7 Å². The molecule has 0 bridgehead atoms. The first-order valence-electron chi connectivity index (χ1n) is 6.55. The van der Waals surface area contributed by atoms with E-state index >= 15 is 0 Å². The second kappa shape index (κ2) is 15.1. The van der Waals surface area contributed by atoms with Gasteiger partial charge in [-0.05, 0) is 37.1 Å². The van der Waals surface area contributed by atoms with E-state index in [-0.39, 0.29) is 5.82 Å². The molecule has 1 atom stereocenters. The number of rotatable bonds is 1. The predicted octanol–water partition coefficient (Wildman–Crippen LogP) is 5.27. The van der Waals surface area contributed by atoms with Crippen molar-refractivity contribution >= 4 is 0 Å². The van der Waals surface area contributed by atoms with E-state index in [9.17, 15) is 4.39 Å². The van der Waals surface area contributed by atoms with Crippen LogP contribution in [0.25, 0.3) is 0 Å². The van der Waals surface area contributed by atoms with Gasteiger partial charge in [0.05, 0.1) is 6.10 Å². The summed E-state index contributed by atoms with van der Waals surface area (Å²) in [6.45, 7) is 15.5. The molecule has 0 saturated heterocycles. The van der Waals surface area contributed by atoms with Crippen LogP contribution in [0.4, 0.5) is 4.39 Å². The lowest BCUT2D eigenvalue weighted by Gasteiger charge is -2.07. The van der Waals surface area contributed by atoms with E-state index in [2.05, 4.69) is 0 Å². The molecule has 0 aliphatic rings. The van der Waals surface area contributed by atoms with Gasteiger partial charge in [0.25, 0.3) is 0 Å². The van der Waals surface area contributed by atoms with E-state index in [4.69, 9.17) is 5.11 Å². The minimum absolute atomic E-state index is 0.300. The molecule has 0 spiro atoms. The quantitative estimate of drug-likeness (QED) is 0.714. The molecule has 0 aliphatic carbocycles. The average molecular weight is 244 g/mol. The summed E-state index contributed by atoms with van der Waals surface area (Å²) in [5, 5.41) is 9.16. The molecule has 102 valence electrons. The highest BCUT2D eigenvalue weighted by Gasteiger charge is 2.04. The molecule has 1 aromatic carbocycles. The standard InChI is InChI=1S/C9H11FO.3C2H6/c1-6-3-4-8(10)5-9(6)7(2)11;3*1-2/h3-5,7,11H,1-2H3;3*1-2H3. The molecule has 1 nitrogen and oxygen atoms in total. The summed E-state index contributed by atoms with van der Waals surface area (Å²) in [4.78, 5) is 0. The Kier molecular flexibility index (Phi) is 19.0. The van der Waals surface area contributed by atoms with Gasteiger partial charge in [-0.2, -0.15) is 0 Å². The molecular formula is C15H29FO. The largest absolute Gasteiger partial charge is 0.389 e. The summed E-state index contributed by atoms with van der Waals surface area (Å²) in [5.74, 6) is -0.300. The normalized spacial score (nSPS) is 9.53. The van der Waals surface area contributed by atoms with E-state index in [1.54, 1.807) is 13.0 Å². The van der Waals surface area contributed by atoms with Crippen LogP contribution >= 0.6 is 0 Å². The van der Waals surface area contributed by atoms with Crippen molar-refractivity contribution < 1.29 is 9.50 Å². The molecule has 1 unspecified atom stereocenters. The lowest BCUT2D eigenvalue weighted by Crippen LogP contribution is -1.95. The summed E-state index contributed by atoms with van der Waals surface area (Å²) < 4.78 is 12.6. The third-order valence-electron chi connectivity index (χ3n) is 1.69. The highest BCUT2D eigenvalue weighted by atomic mass is 19.1. The van der Waals surface area contributed by atoms with E-state index in [1.165, 1.54) is 12.1 Å². The first kappa shape index (κ1) is 21.4. The number of benzene rings is 1. The minimum atomic E-state index is -0.592. The number of aliphatic hydroxyl groups excluding tert-OH is 1. The number of hydrogen-bond donors (Lipinski definition) is 1. The SMILES string of the molecule is CC.CC.CC.Cc1ccc(F)cc1C(C)O. The Balaban J connectivity index is -0.000000285. The maximum absolute atomic E-state index is 12.6. The van der Waals surface area contributed by atoms with Gasteiger partial charge < -0.3 is 5.11 Å². The second-order valence-electron chi connectivity index (χ2n) is 2.68. The molecule has 0 fully saturated rings. The molecule has 0 aliphatic heterocycles. The lowest BCUT2D eigenvalue weighted by molar-refractivity contribution is 0.198. The van der Waals surface area contributed by atoms with Crippen LogP contribution < -0.4 is 0 Å². The molecule has 1 aromatic rings. The topological polar surface area (TPSA) is 20.2 Å². The van der Waals surface area contributed by atoms with Crippen molar-refractivity contribution in [2.45, 2.75) is 61.5 Å². The highest BCUT2D eigenvalue weighted by molar-refractivity contribution is 5.27. The molecule has 0 heterocycles. The number of hydrogen-bond acceptors (Lipinski definition) is 1. The van der Waals surface area contributed by atoms with Crippen molar-refractivity contribution in [3.05, 3.63) is 35.1 Å². The van der Waals surface area contributed by atoms with Crippen molar-refractivity contribution in [3.8, 4) is 0 Å². The maximum atomic E-state index is 12.6. The molecular weight excluding hydrogens is 215 g/mol. The average Bonchev–Trinajstić information content (AvgIpc) is 2.39. The minimum Gasteiger partial charge on any atom is -0.389 e. The van der Waals surface area contributed by atoms with Gasteiger partial charge >= 0.3 is 0 Å². The fourth-order valence-electron chi connectivity index (χ4n) is 1.06. The van der Waals surface area contributed by atoms with Gasteiger partial charge in [-0.3, -0.25) is 0 Å². The molecule has 17 heavy (non-hydrogen) atoms. The highest BCUT2D eigenvalue weighted by Crippen LogP contribution is 2.17. The summed E-state index contributed by atoms with van der Waals surface area (Å²) in [7, 11) is 0. The second-order valence-corrected chi connectivity index (χ2v) is 2.68. The summed E-state index contributed by atoms with van der Waals surface area (Å²) in [6.07, 6.45) is -0.592. The molecule has 0 aromatic heterocycles. The zero-order valence-corrected chi connectivity index (χ0v) is 12.6. The smallest absolute Gasteiger partial charge is 0.123 e. The maximum Gasteiger partial charge on any atom is 0.123 e. The Labute approximate surface area is 107 Å². The van der Waals surface area contributed by atoms with Crippen LogP contribution in [0.3, 0.4) is 0 Å². The van der Waals surface area contributed by atoms with Crippen LogP contribution in [0.15, 0.2) is 18.2 Å². The number of aryl methyl sites for hydroxylation is 1. The van der Waals surface area contributed by atoms with Crippen LogP contribution in [-0.4, -0.2) is 5.11 Å². The molecule has 1 N–H and O–H groups in total. The molecule has 0 radical (unpaired) electrons. The van der Waals surface area contributed by atoms with Crippen molar-refractivity contribution in [1.82, 2.24) is 0 Å². The third-order valence-corrected chi connectivity index (χ3v) is 1.69. The molecule has 1 rings (SSSR count). The molecule has 0 amide bonds. The summed E-state index contributed by atoms with van der Waals surface area (Å²) >= 11 is 0. The van der Waals surface area contributed by atoms with Gasteiger partial charge in [-0.25, -0.2) is 4.39 Å². The van der Waals surface area contributed by atoms with Crippen molar-refractivity contribution in [1.29, 1.82) is 0 Å². The number of halogens is 1. The van der Waals surface area contributed by atoms with Crippen LogP contribution in [0.2, 0.25) is 0 Å². The monoisotopic (exact) mass is 244 g/mol. The van der Waals surface area contributed by atoms with Crippen molar-refractivity contribution in [2.75, 3.05) is 0 Å². The van der Waals surface area contributed by atoms with Gasteiger partial charge in [0.15, 0.2) is 0 Å². The third kappa shape index (κ3) is 10.0. The van der Waals surface area contributed by atoms with Gasteiger partial charge in [0.1, 0.15) is 5.82 Å². The number of aliphatic hydroxyl groups is 1. The summed E-state index contributed by atoms with van der Waals surface area (Å²) in [6, 6.07) is 4.42. The van der Waals surface area contributed by atoms with Crippen molar-refractivity contribution in [3.63, 3.8) is 0 Å². The fourth-order valence-corrected chi connectivity index (χ4v) is 1.06. The Hall–Kier alpha value is -0.890. The predicted molar refractivity (Wildman–Crippen MR) is 75.8 cm³/mol. The van der Waals surface area contributed by atoms with Gasteiger partial charge in [0.2, 0.25) is 0 Å². The van der Waals surface area contributed by atoms with E-state index in [0.717, 1.165) is 5.56 Å². The zero-order valence-electron chi connectivity index (χ0n) is 12.6. The first-order valence-corrected chi connectivity index (χ1v) is 6.55. The van der Waals surface area contributed by atoms with Crippen LogP contribution in [0.5, 0.6) is 0 Å².